The fraction of sp³-hybridized carbons (Fsp3) is 0.800. The molecule has 1 atom stereocenters. The van der Waals surface area contributed by atoms with Crippen LogP contribution in [0.15, 0.2) is 12.2 Å². The number of nitrogens with zero attached hydrogens (tertiary/aromatic N) is 2. The zero-order valence-corrected chi connectivity index (χ0v) is 15.2. The van der Waals surface area contributed by atoms with Gasteiger partial charge in [0, 0.05) is 37.6 Å². The monoisotopic (exact) mass is 345 g/mol. The predicted octanol–water partition coefficient (Wildman–Crippen LogP) is 1.93. The van der Waals surface area contributed by atoms with Gasteiger partial charge in [-0.3, -0.25) is 14.5 Å². The maximum Gasteiger partial charge on any atom is 0.225 e. The molecule has 5 nitrogen and oxygen atoms in total. The Labute approximate surface area is 150 Å². The number of nitrogens with one attached hydrogen (secondary N) is 1. The second-order valence-corrected chi connectivity index (χ2v) is 8.31. The van der Waals surface area contributed by atoms with Crippen LogP contribution in [0.5, 0.6) is 0 Å². The largest absolute Gasteiger partial charge is 0.352 e. The van der Waals surface area contributed by atoms with E-state index in [4.69, 9.17) is 0 Å². The molecule has 1 N–H and O–H groups in total. The van der Waals surface area contributed by atoms with E-state index in [2.05, 4.69) is 27.3 Å². The van der Waals surface area contributed by atoms with Crippen LogP contribution in [-0.2, 0) is 9.59 Å². The second kappa shape index (κ2) is 7.48. The Morgan fingerprint density at radius 1 is 0.880 bits per heavy atom. The van der Waals surface area contributed by atoms with Gasteiger partial charge >= 0.3 is 0 Å². The lowest BCUT2D eigenvalue weighted by Gasteiger charge is -2.42. The van der Waals surface area contributed by atoms with Crippen LogP contribution >= 0.6 is 0 Å². The maximum absolute atomic E-state index is 12.6. The van der Waals surface area contributed by atoms with Crippen molar-refractivity contribution in [2.24, 2.45) is 11.8 Å². The molecule has 4 aliphatic rings. The van der Waals surface area contributed by atoms with Crippen molar-refractivity contribution in [1.82, 2.24) is 15.1 Å². The maximum atomic E-state index is 12.6. The number of carbonyl (C=O) groups is 2. The molecule has 138 valence electrons. The summed E-state index contributed by atoms with van der Waals surface area (Å²) in [6.07, 6.45) is 12.7. The van der Waals surface area contributed by atoms with Gasteiger partial charge in [-0.25, -0.2) is 0 Å². The molecular formula is C20H31N3O2. The molecule has 0 spiro atoms. The van der Waals surface area contributed by atoms with Gasteiger partial charge in [-0.15, -0.1) is 0 Å². The number of amides is 2. The van der Waals surface area contributed by atoms with Gasteiger partial charge in [-0.1, -0.05) is 12.2 Å². The minimum Gasteiger partial charge on any atom is -0.352 e. The fourth-order valence-corrected chi connectivity index (χ4v) is 4.65. The summed E-state index contributed by atoms with van der Waals surface area (Å²) in [6.45, 7) is 3.81. The Morgan fingerprint density at radius 2 is 1.60 bits per heavy atom. The molecule has 0 radical (unpaired) electrons. The SMILES string of the molecule is O=C(NC1CC=CC1)C1CCCN(C2CCN(C(=O)C3CC3)CC2)C1. The van der Waals surface area contributed by atoms with Gasteiger partial charge < -0.3 is 10.2 Å². The molecule has 1 saturated carbocycles. The third kappa shape index (κ3) is 4.08. The highest BCUT2D eigenvalue weighted by molar-refractivity contribution is 5.81. The molecule has 0 aromatic carbocycles. The summed E-state index contributed by atoms with van der Waals surface area (Å²) in [7, 11) is 0. The van der Waals surface area contributed by atoms with Crippen molar-refractivity contribution in [3.05, 3.63) is 12.2 Å². The van der Waals surface area contributed by atoms with E-state index >= 15 is 0 Å². The molecule has 1 unspecified atom stereocenters. The quantitative estimate of drug-likeness (QED) is 0.792. The molecular weight excluding hydrogens is 314 g/mol. The van der Waals surface area contributed by atoms with E-state index in [9.17, 15) is 9.59 Å². The van der Waals surface area contributed by atoms with Crippen molar-refractivity contribution in [1.29, 1.82) is 0 Å². The lowest BCUT2D eigenvalue weighted by Crippen LogP contribution is -2.52. The van der Waals surface area contributed by atoms with Crippen LogP contribution in [0.4, 0.5) is 0 Å². The Bertz CT molecular complexity index is 527. The van der Waals surface area contributed by atoms with E-state index in [0.29, 0.717) is 23.9 Å². The normalized spacial score (nSPS) is 29.1. The van der Waals surface area contributed by atoms with Crippen molar-refractivity contribution in [3.8, 4) is 0 Å². The van der Waals surface area contributed by atoms with E-state index < -0.39 is 0 Å². The van der Waals surface area contributed by atoms with Gasteiger partial charge in [0.25, 0.3) is 0 Å². The first-order chi connectivity index (χ1) is 12.2. The molecule has 5 heteroatoms. The minimum absolute atomic E-state index is 0.139. The third-order valence-corrected chi connectivity index (χ3v) is 6.40. The smallest absolute Gasteiger partial charge is 0.225 e. The highest BCUT2D eigenvalue weighted by atomic mass is 16.2. The molecule has 25 heavy (non-hydrogen) atoms. The fourth-order valence-electron chi connectivity index (χ4n) is 4.65. The van der Waals surface area contributed by atoms with Crippen molar-refractivity contribution < 1.29 is 9.59 Å². The van der Waals surface area contributed by atoms with Crippen molar-refractivity contribution in [3.63, 3.8) is 0 Å². The summed E-state index contributed by atoms with van der Waals surface area (Å²) in [4.78, 5) is 29.4. The third-order valence-electron chi connectivity index (χ3n) is 6.40. The van der Waals surface area contributed by atoms with E-state index in [1.807, 2.05) is 0 Å². The Morgan fingerprint density at radius 3 is 2.28 bits per heavy atom. The van der Waals surface area contributed by atoms with Gasteiger partial charge in [-0.05, 0) is 57.9 Å². The van der Waals surface area contributed by atoms with Gasteiger partial charge in [0.05, 0.1) is 5.92 Å². The number of hydrogen-bond acceptors (Lipinski definition) is 3. The summed E-state index contributed by atoms with van der Waals surface area (Å²) in [5, 5.41) is 3.23. The summed E-state index contributed by atoms with van der Waals surface area (Å²) >= 11 is 0. The second-order valence-electron chi connectivity index (χ2n) is 8.31. The summed E-state index contributed by atoms with van der Waals surface area (Å²) in [5.41, 5.74) is 0. The van der Waals surface area contributed by atoms with E-state index in [-0.39, 0.29) is 11.8 Å². The van der Waals surface area contributed by atoms with Crippen molar-refractivity contribution >= 4 is 11.8 Å². The molecule has 2 saturated heterocycles. The van der Waals surface area contributed by atoms with Gasteiger partial charge in [-0.2, -0.15) is 0 Å². The average Bonchev–Trinajstić information content (AvgIpc) is 3.39. The summed E-state index contributed by atoms with van der Waals surface area (Å²) in [6, 6.07) is 0.867. The highest BCUT2D eigenvalue weighted by Crippen LogP contribution is 2.32. The zero-order valence-electron chi connectivity index (χ0n) is 15.2. The molecule has 2 heterocycles. The number of rotatable bonds is 4. The lowest BCUT2D eigenvalue weighted by atomic mass is 9.93. The number of hydrogen-bond donors (Lipinski definition) is 1. The van der Waals surface area contributed by atoms with Crippen LogP contribution < -0.4 is 5.32 Å². The van der Waals surface area contributed by atoms with Crippen LogP contribution in [0.25, 0.3) is 0 Å². The van der Waals surface area contributed by atoms with Crippen LogP contribution in [0.1, 0.15) is 51.4 Å². The predicted molar refractivity (Wildman–Crippen MR) is 96.9 cm³/mol. The topological polar surface area (TPSA) is 52.7 Å². The first kappa shape index (κ1) is 17.1. The molecule has 0 aromatic heterocycles. The minimum atomic E-state index is 0.139. The van der Waals surface area contributed by atoms with E-state index in [0.717, 1.165) is 77.5 Å². The Kier molecular flexibility index (Phi) is 5.11. The first-order valence-electron chi connectivity index (χ1n) is 10.2. The zero-order chi connectivity index (χ0) is 17.2. The van der Waals surface area contributed by atoms with Gasteiger partial charge in [0.1, 0.15) is 0 Å². The molecule has 0 bridgehead atoms. The standard InChI is InChI=1S/C20H31N3O2/c24-19(21-17-5-1-2-6-17)16-4-3-11-23(14-16)18-9-12-22(13-10-18)20(25)15-7-8-15/h1-2,15-18H,3-14H2,(H,21,24). The van der Waals surface area contributed by atoms with E-state index in [1.54, 1.807) is 0 Å². The highest BCUT2D eigenvalue weighted by Gasteiger charge is 2.37. The number of likely N-dealkylation sites (tertiary alicyclic amines) is 2. The summed E-state index contributed by atoms with van der Waals surface area (Å²) < 4.78 is 0. The van der Waals surface area contributed by atoms with Gasteiger partial charge in [0.2, 0.25) is 11.8 Å². The summed E-state index contributed by atoms with van der Waals surface area (Å²) in [5.74, 6) is 1.12. The molecule has 2 aliphatic carbocycles. The number of carbonyl (C=O) groups excluding carboxylic acids is 2. The molecule has 2 amide bonds. The van der Waals surface area contributed by atoms with Crippen molar-refractivity contribution in [2.45, 2.75) is 63.5 Å². The Balaban J connectivity index is 1.25. The van der Waals surface area contributed by atoms with Crippen LogP contribution in [-0.4, -0.2) is 59.9 Å². The van der Waals surface area contributed by atoms with Gasteiger partial charge in [0.15, 0.2) is 0 Å². The average molecular weight is 345 g/mol. The molecule has 3 fully saturated rings. The Hall–Kier alpha value is -1.36. The molecule has 2 aliphatic heterocycles. The van der Waals surface area contributed by atoms with E-state index in [1.165, 1.54) is 0 Å². The molecule has 4 rings (SSSR count). The van der Waals surface area contributed by atoms with Crippen LogP contribution in [0.2, 0.25) is 0 Å². The van der Waals surface area contributed by atoms with Crippen molar-refractivity contribution in [2.75, 3.05) is 26.2 Å². The van der Waals surface area contributed by atoms with Crippen LogP contribution in [0, 0.1) is 11.8 Å². The number of piperidine rings is 2. The van der Waals surface area contributed by atoms with Crippen LogP contribution in [0.3, 0.4) is 0 Å². The molecule has 0 aromatic rings. The first-order valence-corrected chi connectivity index (χ1v) is 10.2. The lowest BCUT2D eigenvalue weighted by molar-refractivity contribution is -0.134.